The summed E-state index contributed by atoms with van der Waals surface area (Å²) < 4.78 is 36.2. The Bertz CT molecular complexity index is 898. The number of aliphatic hydroxyl groups is 1. The van der Waals surface area contributed by atoms with Crippen LogP contribution in [0.4, 0.5) is 4.39 Å². The summed E-state index contributed by atoms with van der Waals surface area (Å²) in [6.45, 7) is -1.11. The molecule has 26 heavy (non-hydrogen) atoms. The summed E-state index contributed by atoms with van der Waals surface area (Å²) in [4.78, 5) is 12.2. The number of carbonyl (C=O) groups excluding carboxylic acids is 1. The fourth-order valence-corrected chi connectivity index (χ4v) is 2.94. The van der Waals surface area contributed by atoms with Gasteiger partial charge in [0.05, 0.1) is 16.5 Å². The number of benzene rings is 2. The number of amides is 1. The molecule has 1 unspecified atom stereocenters. The van der Waals surface area contributed by atoms with E-state index >= 15 is 0 Å². The number of aromatic hydroxyl groups is 2. The van der Waals surface area contributed by atoms with Crippen molar-refractivity contribution in [3.63, 3.8) is 0 Å². The van der Waals surface area contributed by atoms with E-state index in [2.05, 4.69) is 5.32 Å². The maximum absolute atomic E-state index is 13.3. The summed E-state index contributed by atoms with van der Waals surface area (Å²) >= 11 is 0. The van der Waals surface area contributed by atoms with E-state index in [-0.39, 0.29) is 16.0 Å². The maximum atomic E-state index is 13.3. The van der Waals surface area contributed by atoms with Gasteiger partial charge in [0.2, 0.25) is 0 Å². The molecule has 2 rings (SSSR count). The van der Waals surface area contributed by atoms with Gasteiger partial charge in [0.25, 0.3) is 5.91 Å². The van der Waals surface area contributed by atoms with Crippen LogP contribution in [0.5, 0.6) is 11.5 Å². The number of sulfone groups is 1. The standard InChI is InChI=1S/C17H18FNO6S/c1-26(24,25)11-7-5-10(6-8-11)15(21)13(9-18)19-17(23)12-3-2-4-14(20)16(12)22/h2-8,13,15,20-22H,9H2,1H3,(H,19,23)/t13?,15-/m1/s1. The van der Waals surface area contributed by atoms with Crippen molar-refractivity contribution in [2.24, 2.45) is 0 Å². The van der Waals surface area contributed by atoms with Crippen LogP contribution in [0.3, 0.4) is 0 Å². The lowest BCUT2D eigenvalue weighted by molar-refractivity contribution is 0.0789. The first-order valence-electron chi connectivity index (χ1n) is 7.51. The highest BCUT2D eigenvalue weighted by atomic mass is 32.2. The number of phenols is 2. The highest BCUT2D eigenvalue weighted by Gasteiger charge is 2.25. The second-order valence-corrected chi connectivity index (χ2v) is 7.71. The number of hydrogen-bond donors (Lipinski definition) is 4. The van der Waals surface area contributed by atoms with Gasteiger partial charge in [0, 0.05) is 6.26 Å². The Hall–Kier alpha value is -2.65. The molecule has 140 valence electrons. The van der Waals surface area contributed by atoms with Gasteiger partial charge in [-0.1, -0.05) is 18.2 Å². The zero-order valence-electron chi connectivity index (χ0n) is 13.8. The number of carbonyl (C=O) groups is 1. The SMILES string of the molecule is CS(=O)(=O)c1ccc([C@@H](O)C(CF)NC(=O)c2cccc(O)c2O)cc1. The van der Waals surface area contributed by atoms with Gasteiger partial charge in [0.1, 0.15) is 12.8 Å². The minimum Gasteiger partial charge on any atom is -0.504 e. The number of rotatable bonds is 6. The van der Waals surface area contributed by atoms with Crippen molar-refractivity contribution in [1.29, 1.82) is 0 Å². The van der Waals surface area contributed by atoms with E-state index in [1.54, 1.807) is 0 Å². The van der Waals surface area contributed by atoms with E-state index in [1.807, 2.05) is 0 Å². The van der Waals surface area contributed by atoms with Gasteiger partial charge in [-0.25, -0.2) is 12.8 Å². The lowest BCUT2D eigenvalue weighted by atomic mass is 10.0. The Morgan fingerprint density at radius 2 is 1.77 bits per heavy atom. The summed E-state index contributed by atoms with van der Waals surface area (Å²) in [6, 6.07) is 7.58. The molecule has 0 saturated carbocycles. The van der Waals surface area contributed by atoms with Crippen molar-refractivity contribution in [1.82, 2.24) is 5.32 Å². The molecule has 0 bridgehead atoms. The average Bonchev–Trinajstić information content (AvgIpc) is 2.60. The van der Waals surface area contributed by atoms with Crippen molar-refractivity contribution >= 4 is 15.7 Å². The van der Waals surface area contributed by atoms with Gasteiger partial charge in [-0.3, -0.25) is 4.79 Å². The minimum absolute atomic E-state index is 0.0407. The Kier molecular flexibility index (Phi) is 5.83. The molecule has 1 amide bonds. The van der Waals surface area contributed by atoms with Gasteiger partial charge < -0.3 is 20.6 Å². The molecular formula is C17H18FNO6S. The van der Waals surface area contributed by atoms with Gasteiger partial charge in [0.15, 0.2) is 21.3 Å². The van der Waals surface area contributed by atoms with E-state index in [0.29, 0.717) is 0 Å². The highest BCUT2D eigenvalue weighted by Crippen LogP contribution is 2.28. The molecule has 4 N–H and O–H groups in total. The highest BCUT2D eigenvalue weighted by molar-refractivity contribution is 7.90. The molecule has 0 aliphatic carbocycles. The average molecular weight is 383 g/mol. The molecule has 0 saturated heterocycles. The molecule has 0 spiro atoms. The topological polar surface area (TPSA) is 124 Å². The molecule has 2 aromatic rings. The van der Waals surface area contributed by atoms with Crippen molar-refractivity contribution in [2.75, 3.05) is 12.9 Å². The molecule has 0 fully saturated rings. The van der Waals surface area contributed by atoms with E-state index in [9.17, 15) is 32.9 Å². The largest absolute Gasteiger partial charge is 0.504 e. The van der Waals surface area contributed by atoms with Crippen LogP contribution in [0.2, 0.25) is 0 Å². The van der Waals surface area contributed by atoms with Crippen LogP contribution >= 0.6 is 0 Å². The molecule has 0 aliphatic heterocycles. The normalized spacial score (nSPS) is 13.8. The molecule has 0 aromatic heterocycles. The maximum Gasteiger partial charge on any atom is 0.255 e. The second kappa shape index (κ2) is 7.71. The summed E-state index contributed by atoms with van der Waals surface area (Å²) in [5.74, 6) is -2.05. The molecule has 7 nitrogen and oxygen atoms in total. The van der Waals surface area contributed by atoms with Crippen LogP contribution in [0, 0.1) is 0 Å². The van der Waals surface area contributed by atoms with Crippen LogP contribution in [0.15, 0.2) is 47.4 Å². The zero-order valence-corrected chi connectivity index (χ0v) is 14.6. The Morgan fingerprint density at radius 1 is 1.15 bits per heavy atom. The third-order valence-corrected chi connectivity index (χ3v) is 4.90. The number of aliphatic hydroxyl groups excluding tert-OH is 1. The molecule has 0 radical (unpaired) electrons. The van der Waals surface area contributed by atoms with Crippen LogP contribution in [-0.2, 0) is 9.84 Å². The lowest BCUT2D eigenvalue weighted by Gasteiger charge is -2.22. The summed E-state index contributed by atoms with van der Waals surface area (Å²) in [6.07, 6.45) is -0.415. The number of halogens is 1. The van der Waals surface area contributed by atoms with Gasteiger partial charge in [-0.15, -0.1) is 0 Å². The third-order valence-electron chi connectivity index (χ3n) is 3.77. The molecule has 0 aliphatic rings. The summed E-state index contributed by atoms with van der Waals surface area (Å²) in [5.41, 5.74) is -0.0662. The number of hydrogen-bond acceptors (Lipinski definition) is 6. The number of phenolic OH excluding ortho intramolecular Hbond substituents is 2. The second-order valence-electron chi connectivity index (χ2n) is 5.69. The first-order chi connectivity index (χ1) is 12.1. The lowest BCUT2D eigenvalue weighted by Crippen LogP contribution is -2.41. The fourth-order valence-electron chi connectivity index (χ4n) is 2.31. The van der Waals surface area contributed by atoms with E-state index in [0.717, 1.165) is 6.26 Å². The third kappa shape index (κ3) is 4.30. The first kappa shape index (κ1) is 19.7. The predicted molar refractivity (Wildman–Crippen MR) is 91.5 cm³/mol. The number of para-hydroxylation sites is 1. The molecule has 2 aromatic carbocycles. The predicted octanol–water partition coefficient (Wildman–Crippen LogP) is 1.30. The van der Waals surface area contributed by atoms with E-state index < -0.39 is 46.1 Å². The summed E-state index contributed by atoms with van der Waals surface area (Å²) in [7, 11) is -3.41. The van der Waals surface area contributed by atoms with Crippen molar-refractivity contribution in [3.05, 3.63) is 53.6 Å². The van der Waals surface area contributed by atoms with Crippen LogP contribution in [0.25, 0.3) is 0 Å². The fraction of sp³-hybridized carbons (Fsp3) is 0.235. The molecule has 2 atom stereocenters. The number of alkyl halides is 1. The monoisotopic (exact) mass is 383 g/mol. The van der Waals surface area contributed by atoms with Crippen molar-refractivity contribution in [3.8, 4) is 11.5 Å². The van der Waals surface area contributed by atoms with E-state index in [4.69, 9.17) is 0 Å². The Labute approximate surface area is 149 Å². The van der Waals surface area contributed by atoms with Gasteiger partial charge in [-0.2, -0.15) is 0 Å². The van der Waals surface area contributed by atoms with Gasteiger partial charge >= 0.3 is 0 Å². The first-order valence-corrected chi connectivity index (χ1v) is 9.40. The molecule has 0 heterocycles. The number of nitrogens with one attached hydrogen (secondary N) is 1. The van der Waals surface area contributed by atoms with Crippen molar-refractivity contribution in [2.45, 2.75) is 17.0 Å². The van der Waals surface area contributed by atoms with Crippen LogP contribution in [-0.4, -0.2) is 48.6 Å². The Morgan fingerprint density at radius 3 is 2.31 bits per heavy atom. The smallest absolute Gasteiger partial charge is 0.255 e. The summed E-state index contributed by atoms with van der Waals surface area (Å²) in [5, 5.41) is 31.6. The molecular weight excluding hydrogens is 365 g/mol. The van der Waals surface area contributed by atoms with Crippen LogP contribution in [0.1, 0.15) is 22.0 Å². The molecule has 9 heteroatoms. The minimum atomic E-state index is -3.41. The zero-order chi connectivity index (χ0) is 19.5. The van der Waals surface area contributed by atoms with Crippen LogP contribution < -0.4 is 5.32 Å². The Balaban J connectivity index is 2.19. The quantitative estimate of drug-likeness (QED) is 0.558. The van der Waals surface area contributed by atoms with E-state index in [1.165, 1.54) is 42.5 Å². The van der Waals surface area contributed by atoms with Gasteiger partial charge in [-0.05, 0) is 29.8 Å². The van der Waals surface area contributed by atoms with Crippen molar-refractivity contribution < 1.29 is 32.9 Å².